The third-order valence-corrected chi connectivity index (χ3v) is 3.01. The molecule has 14 heavy (non-hydrogen) atoms. The Kier molecular flexibility index (Phi) is 6.12. The Bertz CT molecular complexity index is 302. The molecular weight excluding hydrogens is 246 g/mol. The van der Waals surface area contributed by atoms with Gasteiger partial charge in [0.2, 0.25) is 0 Å². The molecule has 1 N–H and O–H groups in total. The first kappa shape index (κ1) is 13.7. The van der Waals surface area contributed by atoms with Crippen LogP contribution in [-0.2, 0) is 21.3 Å². The maximum atomic E-state index is 11.3. The molecule has 0 aromatic heterocycles. The molecule has 1 unspecified atom stereocenters. The minimum Gasteiger partial charge on any atom is -0.424 e. The molecule has 81 valence electrons. The average Bonchev–Trinajstić information content (AvgIpc) is 2.04. The van der Waals surface area contributed by atoms with E-state index >= 15 is 0 Å². The monoisotopic (exact) mass is 259 g/mol. The molecule has 0 aliphatic heterocycles. The van der Waals surface area contributed by atoms with Gasteiger partial charge in [0.15, 0.2) is 0 Å². The maximum absolute atomic E-state index is 11.3. The fraction of sp³-hybridized carbons (Fsp3) is 0.333. The second-order valence-electron chi connectivity index (χ2n) is 2.77. The summed E-state index contributed by atoms with van der Waals surface area (Å²) in [5, 5.41) is 0. The topological polar surface area (TPSA) is 46.5 Å². The Balaban J connectivity index is 0.00000169. The standard InChI is InChI=1S/C9H13O3P.Co/c1-2-8-13(10,11)12-9-6-4-3-5-7-9;/h3-7H,2,8H2,1H3,(H,10,11);. The molecule has 0 aliphatic carbocycles. The summed E-state index contributed by atoms with van der Waals surface area (Å²) < 4.78 is 16.3. The molecule has 0 bridgehead atoms. The van der Waals surface area contributed by atoms with Gasteiger partial charge in [-0.2, -0.15) is 0 Å². The summed E-state index contributed by atoms with van der Waals surface area (Å²) in [6.45, 7) is 1.84. The van der Waals surface area contributed by atoms with Crippen LogP contribution in [0.3, 0.4) is 0 Å². The zero-order chi connectivity index (χ0) is 9.73. The molecule has 0 fully saturated rings. The van der Waals surface area contributed by atoms with Crippen molar-refractivity contribution in [2.75, 3.05) is 6.16 Å². The number of para-hydroxylation sites is 1. The molecule has 1 radical (unpaired) electrons. The van der Waals surface area contributed by atoms with Crippen molar-refractivity contribution in [2.24, 2.45) is 0 Å². The normalized spacial score (nSPS) is 13.9. The third-order valence-electron chi connectivity index (χ3n) is 1.50. The molecule has 1 aromatic carbocycles. The molecule has 5 heteroatoms. The first-order valence-electron chi connectivity index (χ1n) is 4.20. The molecule has 0 spiro atoms. The summed E-state index contributed by atoms with van der Waals surface area (Å²) in [5.41, 5.74) is 0. The van der Waals surface area contributed by atoms with Crippen LogP contribution < -0.4 is 4.52 Å². The predicted octanol–water partition coefficient (Wildman–Crippen LogP) is 2.66. The van der Waals surface area contributed by atoms with Gasteiger partial charge in [0.05, 0.1) is 6.16 Å². The molecule has 1 rings (SSSR count). The van der Waals surface area contributed by atoms with E-state index in [1.165, 1.54) is 0 Å². The fourth-order valence-electron chi connectivity index (χ4n) is 0.974. The zero-order valence-electron chi connectivity index (χ0n) is 7.85. The van der Waals surface area contributed by atoms with Crippen molar-refractivity contribution in [1.82, 2.24) is 0 Å². The van der Waals surface area contributed by atoms with Crippen molar-refractivity contribution >= 4 is 7.60 Å². The van der Waals surface area contributed by atoms with Gasteiger partial charge in [-0.15, -0.1) is 0 Å². The molecule has 1 aromatic rings. The smallest absolute Gasteiger partial charge is 0.376 e. The van der Waals surface area contributed by atoms with Gasteiger partial charge in [-0.25, -0.2) is 4.57 Å². The number of hydrogen-bond donors (Lipinski definition) is 1. The van der Waals surface area contributed by atoms with E-state index in [-0.39, 0.29) is 22.9 Å². The summed E-state index contributed by atoms with van der Waals surface area (Å²) in [6.07, 6.45) is 0.836. The summed E-state index contributed by atoms with van der Waals surface area (Å²) in [4.78, 5) is 9.30. The van der Waals surface area contributed by atoms with Crippen molar-refractivity contribution in [3.63, 3.8) is 0 Å². The van der Waals surface area contributed by atoms with Crippen LogP contribution in [-0.4, -0.2) is 11.1 Å². The largest absolute Gasteiger partial charge is 0.424 e. The molecule has 0 saturated heterocycles. The van der Waals surface area contributed by atoms with Gasteiger partial charge < -0.3 is 9.42 Å². The minimum absolute atomic E-state index is 0. The zero-order valence-corrected chi connectivity index (χ0v) is 9.78. The van der Waals surface area contributed by atoms with E-state index in [9.17, 15) is 9.46 Å². The van der Waals surface area contributed by atoms with Gasteiger partial charge in [-0.3, -0.25) is 0 Å². The van der Waals surface area contributed by atoms with Crippen LogP contribution in [0.2, 0.25) is 0 Å². The number of rotatable bonds is 4. The molecule has 0 heterocycles. The van der Waals surface area contributed by atoms with Crippen LogP contribution in [0.1, 0.15) is 13.3 Å². The minimum atomic E-state index is -3.41. The van der Waals surface area contributed by atoms with E-state index in [0.29, 0.717) is 12.2 Å². The fourth-order valence-corrected chi connectivity index (χ4v) is 2.08. The van der Waals surface area contributed by atoms with Crippen LogP contribution in [0.25, 0.3) is 0 Å². The molecule has 3 nitrogen and oxygen atoms in total. The van der Waals surface area contributed by atoms with E-state index in [4.69, 9.17) is 4.52 Å². The molecule has 0 amide bonds. The Morgan fingerprint density at radius 2 is 1.93 bits per heavy atom. The Morgan fingerprint density at radius 1 is 1.36 bits per heavy atom. The van der Waals surface area contributed by atoms with Crippen LogP contribution >= 0.6 is 7.60 Å². The molecule has 0 aliphatic rings. The first-order valence-corrected chi connectivity index (χ1v) is 5.97. The van der Waals surface area contributed by atoms with Crippen molar-refractivity contribution in [2.45, 2.75) is 13.3 Å². The molecule has 0 saturated carbocycles. The second-order valence-corrected chi connectivity index (χ2v) is 4.67. The Hall–Kier alpha value is -0.284. The molecule has 1 atom stereocenters. The van der Waals surface area contributed by atoms with Gasteiger partial charge in [0, 0.05) is 16.8 Å². The quantitative estimate of drug-likeness (QED) is 0.845. The Morgan fingerprint density at radius 3 is 2.43 bits per heavy atom. The molecular formula is C9H13CoO3P. The van der Waals surface area contributed by atoms with Crippen LogP contribution in [0.5, 0.6) is 5.75 Å². The van der Waals surface area contributed by atoms with E-state index in [1.54, 1.807) is 24.3 Å². The van der Waals surface area contributed by atoms with Crippen molar-refractivity contribution < 1.29 is 30.8 Å². The summed E-state index contributed by atoms with van der Waals surface area (Å²) in [7, 11) is -3.41. The number of hydrogen-bond acceptors (Lipinski definition) is 2. The van der Waals surface area contributed by atoms with Gasteiger partial charge in [0.1, 0.15) is 5.75 Å². The van der Waals surface area contributed by atoms with E-state index in [0.717, 1.165) is 0 Å². The SMILES string of the molecule is CCCP(=O)(O)Oc1ccccc1.[Co]. The van der Waals surface area contributed by atoms with E-state index in [1.807, 2.05) is 13.0 Å². The van der Waals surface area contributed by atoms with Crippen LogP contribution in [0.4, 0.5) is 0 Å². The van der Waals surface area contributed by atoms with E-state index < -0.39 is 7.60 Å². The Labute approximate surface area is 94.2 Å². The van der Waals surface area contributed by atoms with Crippen LogP contribution in [0, 0.1) is 0 Å². The summed E-state index contributed by atoms with van der Waals surface area (Å²) in [6, 6.07) is 8.69. The van der Waals surface area contributed by atoms with E-state index in [2.05, 4.69) is 0 Å². The van der Waals surface area contributed by atoms with Crippen molar-refractivity contribution in [3.8, 4) is 5.75 Å². The van der Waals surface area contributed by atoms with Gasteiger partial charge in [0.25, 0.3) is 0 Å². The number of benzene rings is 1. The average molecular weight is 259 g/mol. The third kappa shape index (κ3) is 4.82. The summed E-state index contributed by atoms with van der Waals surface area (Å²) in [5.74, 6) is 0.446. The summed E-state index contributed by atoms with van der Waals surface area (Å²) >= 11 is 0. The second kappa shape index (κ2) is 6.25. The maximum Gasteiger partial charge on any atom is 0.376 e. The first-order chi connectivity index (χ1) is 6.14. The van der Waals surface area contributed by atoms with Gasteiger partial charge in [-0.05, 0) is 18.6 Å². The van der Waals surface area contributed by atoms with Gasteiger partial charge >= 0.3 is 7.60 Å². The van der Waals surface area contributed by atoms with Crippen LogP contribution in [0.15, 0.2) is 30.3 Å². The van der Waals surface area contributed by atoms with Crippen molar-refractivity contribution in [3.05, 3.63) is 30.3 Å². The predicted molar refractivity (Wildman–Crippen MR) is 52.1 cm³/mol. The van der Waals surface area contributed by atoms with Gasteiger partial charge in [-0.1, -0.05) is 25.1 Å². The van der Waals surface area contributed by atoms with Crippen molar-refractivity contribution in [1.29, 1.82) is 0 Å².